The minimum atomic E-state index is -0.181. The lowest BCUT2D eigenvalue weighted by Crippen LogP contribution is -2.42. The maximum absolute atomic E-state index is 13.2. The van der Waals surface area contributed by atoms with Crippen molar-refractivity contribution in [2.75, 3.05) is 26.4 Å². The molecule has 2 amide bonds. The Morgan fingerprint density at radius 2 is 2.04 bits per heavy atom. The zero-order valence-electron chi connectivity index (χ0n) is 15.2. The second-order valence-corrected chi connectivity index (χ2v) is 6.84. The van der Waals surface area contributed by atoms with Crippen LogP contribution < -0.4 is 5.73 Å². The number of fused-ring (bicyclic) bond motifs is 2. The van der Waals surface area contributed by atoms with Crippen molar-refractivity contribution in [2.24, 2.45) is 0 Å². The van der Waals surface area contributed by atoms with Gasteiger partial charge in [-0.1, -0.05) is 0 Å². The quantitative estimate of drug-likeness (QED) is 0.664. The lowest BCUT2D eigenvalue weighted by Gasteiger charge is -2.31. The predicted octanol–water partition coefficient (Wildman–Crippen LogP) is 1.74. The Morgan fingerprint density at radius 3 is 2.81 bits per heavy atom. The Hall–Kier alpha value is -3.42. The lowest BCUT2D eigenvalue weighted by atomic mass is 9.96. The Morgan fingerprint density at radius 1 is 1.22 bits per heavy atom. The Kier molecular flexibility index (Phi) is 4.02. The minimum Gasteiger partial charge on any atom is -0.399 e. The summed E-state index contributed by atoms with van der Waals surface area (Å²) in [6.07, 6.45) is 5.44. The second-order valence-electron chi connectivity index (χ2n) is 6.84. The summed E-state index contributed by atoms with van der Waals surface area (Å²) in [5.74, 6) is -0.181. The third-order valence-electron chi connectivity index (χ3n) is 4.81. The van der Waals surface area contributed by atoms with Gasteiger partial charge >= 0.3 is 6.03 Å². The molecule has 4 rings (SSSR count). The standard InChI is InChI=1S/C19H20N6O2/c1-23(2)19(27)24-6-5-14-12(10-24)8-21-9-15(14)18(26)25-11-22-16-7-13(20)3-4-17(16)25/h3-4,7-9,11H,5-6,10,20H2,1-2H3. The number of hydrogen-bond donors (Lipinski definition) is 1. The smallest absolute Gasteiger partial charge is 0.319 e. The van der Waals surface area contributed by atoms with Gasteiger partial charge in [0.15, 0.2) is 0 Å². The van der Waals surface area contributed by atoms with Gasteiger partial charge in [0.05, 0.1) is 16.6 Å². The molecule has 0 saturated carbocycles. The van der Waals surface area contributed by atoms with Gasteiger partial charge in [-0.05, 0) is 35.7 Å². The van der Waals surface area contributed by atoms with E-state index in [9.17, 15) is 9.59 Å². The van der Waals surface area contributed by atoms with Gasteiger partial charge in [-0.2, -0.15) is 0 Å². The van der Waals surface area contributed by atoms with Crippen LogP contribution in [-0.4, -0.2) is 56.9 Å². The molecule has 27 heavy (non-hydrogen) atoms. The van der Waals surface area contributed by atoms with Crippen LogP contribution in [0.25, 0.3) is 11.0 Å². The molecule has 0 spiro atoms. The van der Waals surface area contributed by atoms with Crippen molar-refractivity contribution in [2.45, 2.75) is 13.0 Å². The van der Waals surface area contributed by atoms with Gasteiger partial charge in [0.25, 0.3) is 5.91 Å². The van der Waals surface area contributed by atoms with Crippen LogP contribution >= 0.6 is 0 Å². The number of carbonyl (C=O) groups excluding carboxylic acids is 2. The molecule has 0 unspecified atom stereocenters. The van der Waals surface area contributed by atoms with Crippen molar-refractivity contribution < 1.29 is 9.59 Å². The monoisotopic (exact) mass is 364 g/mol. The average Bonchev–Trinajstić information content (AvgIpc) is 3.08. The molecular weight excluding hydrogens is 344 g/mol. The fourth-order valence-corrected chi connectivity index (χ4v) is 3.45. The van der Waals surface area contributed by atoms with Gasteiger partial charge in [0.1, 0.15) is 6.33 Å². The molecule has 1 aliphatic heterocycles. The normalized spacial score (nSPS) is 13.5. The van der Waals surface area contributed by atoms with E-state index in [1.54, 1.807) is 54.5 Å². The highest BCUT2D eigenvalue weighted by molar-refractivity contribution is 6.02. The van der Waals surface area contributed by atoms with Gasteiger partial charge in [-0.3, -0.25) is 14.3 Å². The zero-order chi connectivity index (χ0) is 19.1. The first-order valence-electron chi connectivity index (χ1n) is 8.65. The Labute approximate surface area is 156 Å². The predicted molar refractivity (Wildman–Crippen MR) is 101 cm³/mol. The third-order valence-corrected chi connectivity index (χ3v) is 4.81. The number of anilines is 1. The van der Waals surface area contributed by atoms with Gasteiger partial charge in [-0.15, -0.1) is 0 Å². The number of aromatic nitrogens is 3. The number of benzene rings is 1. The van der Waals surface area contributed by atoms with Crippen molar-refractivity contribution in [3.63, 3.8) is 0 Å². The summed E-state index contributed by atoms with van der Waals surface area (Å²) in [6, 6.07) is 5.23. The fourth-order valence-electron chi connectivity index (χ4n) is 3.45. The molecule has 1 aliphatic rings. The van der Waals surface area contributed by atoms with Crippen molar-refractivity contribution in [1.29, 1.82) is 0 Å². The van der Waals surface area contributed by atoms with E-state index in [-0.39, 0.29) is 11.9 Å². The summed E-state index contributed by atoms with van der Waals surface area (Å²) in [5, 5.41) is 0. The maximum atomic E-state index is 13.2. The van der Waals surface area contributed by atoms with Crippen molar-refractivity contribution in [1.82, 2.24) is 24.3 Å². The Bertz CT molecular complexity index is 1060. The van der Waals surface area contributed by atoms with Gasteiger partial charge < -0.3 is 15.5 Å². The number of nitrogens with zero attached hydrogens (tertiary/aromatic N) is 5. The first kappa shape index (κ1) is 17.0. The van der Waals surface area contributed by atoms with Crippen LogP contribution in [0.15, 0.2) is 36.9 Å². The summed E-state index contributed by atoms with van der Waals surface area (Å²) in [6.45, 7) is 1.01. The fraction of sp³-hybridized carbons (Fsp3) is 0.263. The molecule has 2 aromatic heterocycles. The van der Waals surface area contributed by atoms with E-state index in [0.29, 0.717) is 41.8 Å². The van der Waals surface area contributed by atoms with Crippen LogP contribution in [0.2, 0.25) is 0 Å². The Balaban J connectivity index is 1.70. The number of imidazole rings is 1. The van der Waals surface area contributed by atoms with Crippen LogP contribution in [0.4, 0.5) is 10.5 Å². The highest BCUT2D eigenvalue weighted by Crippen LogP contribution is 2.24. The van der Waals surface area contributed by atoms with Crippen molar-refractivity contribution >= 4 is 28.7 Å². The molecule has 0 radical (unpaired) electrons. The number of nitrogen functional groups attached to an aromatic ring is 1. The van der Waals surface area contributed by atoms with E-state index < -0.39 is 0 Å². The number of urea groups is 1. The molecule has 0 fully saturated rings. The summed E-state index contributed by atoms with van der Waals surface area (Å²) < 4.78 is 1.52. The minimum absolute atomic E-state index is 0.0458. The highest BCUT2D eigenvalue weighted by Gasteiger charge is 2.26. The SMILES string of the molecule is CN(C)C(=O)N1CCc2c(cncc2C(=O)n2cnc3cc(N)ccc32)C1. The van der Waals surface area contributed by atoms with Crippen LogP contribution in [0.3, 0.4) is 0 Å². The molecule has 3 heterocycles. The van der Waals surface area contributed by atoms with Gasteiger partial charge in [0.2, 0.25) is 0 Å². The summed E-state index contributed by atoms with van der Waals surface area (Å²) in [7, 11) is 3.46. The number of pyridine rings is 1. The van der Waals surface area contributed by atoms with Crippen LogP contribution in [0, 0.1) is 0 Å². The van der Waals surface area contributed by atoms with E-state index in [1.165, 1.54) is 10.9 Å². The first-order chi connectivity index (χ1) is 13.0. The first-order valence-corrected chi connectivity index (χ1v) is 8.65. The summed E-state index contributed by atoms with van der Waals surface area (Å²) in [4.78, 5) is 37.2. The molecule has 138 valence electrons. The van der Waals surface area contributed by atoms with Crippen LogP contribution in [-0.2, 0) is 13.0 Å². The van der Waals surface area contributed by atoms with Gasteiger partial charge in [-0.25, -0.2) is 9.78 Å². The average molecular weight is 364 g/mol. The molecule has 0 bridgehead atoms. The third kappa shape index (κ3) is 2.88. The largest absolute Gasteiger partial charge is 0.399 e. The molecule has 8 nitrogen and oxygen atoms in total. The lowest BCUT2D eigenvalue weighted by molar-refractivity contribution is 0.0962. The van der Waals surface area contributed by atoms with Crippen molar-refractivity contribution in [3.05, 3.63) is 53.6 Å². The van der Waals surface area contributed by atoms with E-state index in [4.69, 9.17) is 5.73 Å². The van der Waals surface area contributed by atoms with E-state index >= 15 is 0 Å². The highest BCUT2D eigenvalue weighted by atomic mass is 16.2. The summed E-state index contributed by atoms with van der Waals surface area (Å²) in [5.41, 5.74) is 10.1. The van der Waals surface area contributed by atoms with Gasteiger partial charge in [0, 0.05) is 45.3 Å². The number of rotatable bonds is 1. The summed E-state index contributed by atoms with van der Waals surface area (Å²) >= 11 is 0. The molecule has 1 aromatic carbocycles. The van der Waals surface area contributed by atoms with Crippen LogP contribution in [0.5, 0.6) is 0 Å². The topological polar surface area (TPSA) is 97.4 Å². The number of carbonyl (C=O) groups is 2. The number of nitrogens with two attached hydrogens (primary N) is 1. The molecular formula is C19H20N6O2. The second kappa shape index (κ2) is 6.39. The number of hydrogen-bond acceptors (Lipinski definition) is 5. The molecule has 0 saturated heterocycles. The van der Waals surface area contributed by atoms with E-state index in [1.807, 2.05) is 0 Å². The van der Waals surface area contributed by atoms with Crippen molar-refractivity contribution in [3.8, 4) is 0 Å². The number of amides is 2. The molecule has 8 heteroatoms. The molecule has 2 N–H and O–H groups in total. The molecule has 0 atom stereocenters. The van der Waals surface area contributed by atoms with Crippen LogP contribution in [0.1, 0.15) is 21.5 Å². The van der Waals surface area contributed by atoms with E-state index in [2.05, 4.69) is 9.97 Å². The zero-order valence-corrected chi connectivity index (χ0v) is 15.2. The molecule has 0 aliphatic carbocycles. The van der Waals surface area contributed by atoms with E-state index in [0.717, 1.165) is 11.1 Å². The maximum Gasteiger partial charge on any atom is 0.319 e. The molecule has 3 aromatic rings.